The first-order valence-electron chi connectivity index (χ1n) is 10.7. The van der Waals surface area contributed by atoms with E-state index in [1.54, 1.807) is 7.05 Å². The molecular weight excluding hydrogens is 402 g/mol. The normalized spacial score (nSPS) is 18.4. The maximum absolute atomic E-state index is 12.9. The van der Waals surface area contributed by atoms with Crippen LogP contribution in [0.25, 0.3) is 11.0 Å². The maximum Gasteiger partial charge on any atom is 0.332 e. The molecule has 0 unspecified atom stereocenters. The van der Waals surface area contributed by atoms with Crippen molar-refractivity contribution < 1.29 is 4.79 Å². The molecule has 1 saturated carbocycles. The molecule has 8 nitrogen and oxygen atoms in total. The van der Waals surface area contributed by atoms with Gasteiger partial charge in [-0.15, -0.1) is 0 Å². The van der Waals surface area contributed by atoms with Gasteiger partial charge in [-0.2, -0.15) is 0 Å². The first kappa shape index (κ1) is 21.1. The Balaban J connectivity index is 1.70. The number of aryl methyl sites for hydroxylation is 1. The molecule has 0 N–H and O–H groups in total. The Bertz CT molecular complexity index is 1080. The average Bonchev–Trinajstić information content (AvgIpc) is 3.29. The summed E-state index contributed by atoms with van der Waals surface area (Å²) in [6.07, 6.45) is 6.35. The summed E-state index contributed by atoms with van der Waals surface area (Å²) in [5.74, 6) is 1.89. The van der Waals surface area contributed by atoms with Crippen LogP contribution in [-0.4, -0.2) is 48.8 Å². The summed E-state index contributed by atoms with van der Waals surface area (Å²) in [5.41, 5.74) is -0.451. The fourth-order valence-electron chi connectivity index (χ4n) is 4.40. The van der Waals surface area contributed by atoms with Crippen molar-refractivity contribution in [3.05, 3.63) is 26.7 Å². The zero-order valence-electron chi connectivity index (χ0n) is 17.9. The topological polar surface area (TPSA) is 90.1 Å². The second-order valence-corrected chi connectivity index (χ2v) is 9.59. The SMILES string of the molecule is CC1CCN(C(=O)CSc2nc(C3CCCC3)nc3c2c(=O)n(C)c(=O)n3C)CC1. The minimum atomic E-state index is -0.409. The van der Waals surface area contributed by atoms with Gasteiger partial charge in [0.2, 0.25) is 5.91 Å². The molecule has 1 amide bonds. The highest BCUT2D eigenvalue weighted by molar-refractivity contribution is 8.00. The van der Waals surface area contributed by atoms with Crippen LogP contribution in [0.1, 0.15) is 57.2 Å². The third kappa shape index (κ3) is 3.91. The van der Waals surface area contributed by atoms with Gasteiger partial charge in [-0.25, -0.2) is 14.8 Å². The Labute approximate surface area is 179 Å². The molecule has 2 aliphatic rings. The van der Waals surface area contributed by atoms with Crippen LogP contribution in [-0.2, 0) is 18.9 Å². The van der Waals surface area contributed by atoms with E-state index < -0.39 is 11.2 Å². The number of nitrogens with zero attached hydrogens (tertiary/aromatic N) is 5. The van der Waals surface area contributed by atoms with Crippen LogP contribution < -0.4 is 11.2 Å². The highest BCUT2D eigenvalue weighted by Crippen LogP contribution is 2.34. The Morgan fingerprint density at radius 1 is 1.03 bits per heavy atom. The van der Waals surface area contributed by atoms with Crippen LogP contribution in [0, 0.1) is 5.92 Å². The van der Waals surface area contributed by atoms with Gasteiger partial charge in [-0.1, -0.05) is 31.5 Å². The Morgan fingerprint density at radius 3 is 2.37 bits per heavy atom. The molecule has 0 radical (unpaired) electrons. The molecule has 1 aliphatic carbocycles. The number of likely N-dealkylation sites (tertiary alicyclic amines) is 1. The molecule has 4 rings (SSSR count). The first-order chi connectivity index (χ1) is 14.4. The molecular formula is C21H29N5O3S. The highest BCUT2D eigenvalue weighted by atomic mass is 32.2. The summed E-state index contributed by atoms with van der Waals surface area (Å²) in [6.45, 7) is 3.79. The van der Waals surface area contributed by atoms with Crippen molar-refractivity contribution >= 4 is 28.7 Å². The molecule has 2 aromatic rings. The average molecular weight is 432 g/mol. The number of piperidine rings is 1. The number of aromatic nitrogens is 4. The lowest BCUT2D eigenvalue weighted by atomic mass is 9.99. The van der Waals surface area contributed by atoms with Gasteiger partial charge in [0, 0.05) is 33.1 Å². The van der Waals surface area contributed by atoms with Gasteiger partial charge in [-0.05, 0) is 31.6 Å². The molecule has 2 fully saturated rings. The second-order valence-electron chi connectivity index (χ2n) is 8.62. The zero-order chi connectivity index (χ0) is 21.4. The van der Waals surface area contributed by atoms with E-state index in [4.69, 9.17) is 4.98 Å². The summed E-state index contributed by atoms with van der Waals surface area (Å²) in [7, 11) is 3.09. The predicted octanol–water partition coefficient (Wildman–Crippen LogP) is 2.04. The Kier molecular flexibility index (Phi) is 5.99. The van der Waals surface area contributed by atoms with Crippen molar-refractivity contribution in [1.82, 2.24) is 24.0 Å². The number of carbonyl (C=O) groups excluding carboxylic acids is 1. The van der Waals surface area contributed by atoms with Crippen LogP contribution in [0.2, 0.25) is 0 Å². The largest absolute Gasteiger partial charge is 0.342 e. The number of fused-ring (bicyclic) bond motifs is 1. The third-order valence-corrected chi connectivity index (χ3v) is 7.43. The standard InChI is InChI=1S/C21H29N5O3S/c1-13-8-10-26(11-9-13)15(27)12-30-19-16-18(24(2)21(29)25(3)20(16)28)22-17(23-19)14-6-4-5-7-14/h13-14H,4-12H2,1-3H3. The fraction of sp³-hybridized carbons (Fsp3) is 0.667. The molecule has 0 atom stereocenters. The van der Waals surface area contributed by atoms with Crippen LogP contribution in [0.3, 0.4) is 0 Å². The van der Waals surface area contributed by atoms with Gasteiger partial charge >= 0.3 is 5.69 Å². The summed E-state index contributed by atoms with van der Waals surface area (Å²) in [5, 5.41) is 0.836. The van der Waals surface area contributed by atoms with Crippen molar-refractivity contribution in [1.29, 1.82) is 0 Å². The van der Waals surface area contributed by atoms with E-state index in [-0.39, 0.29) is 17.6 Å². The third-order valence-electron chi connectivity index (χ3n) is 6.47. The second kappa shape index (κ2) is 8.53. The first-order valence-corrected chi connectivity index (χ1v) is 11.7. The Hall–Kier alpha value is -2.16. The van der Waals surface area contributed by atoms with Gasteiger partial charge in [0.15, 0.2) is 5.65 Å². The van der Waals surface area contributed by atoms with Crippen LogP contribution >= 0.6 is 11.8 Å². The van der Waals surface area contributed by atoms with Crippen LogP contribution in [0.5, 0.6) is 0 Å². The van der Waals surface area contributed by atoms with Crippen molar-refractivity contribution in [2.75, 3.05) is 18.8 Å². The lowest BCUT2D eigenvalue weighted by Gasteiger charge is -2.30. The van der Waals surface area contributed by atoms with E-state index in [2.05, 4.69) is 11.9 Å². The van der Waals surface area contributed by atoms with Crippen molar-refractivity contribution in [2.45, 2.75) is 56.4 Å². The van der Waals surface area contributed by atoms with E-state index in [0.717, 1.165) is 56.2 Å². The van der Waals surface area contributed by atoms with Crippen LogP contribution in [0.4, 0.5) is 0 Å². The summed E-state index contributed by atoms with van der Waals surface area (Å²) < 4.78 is 2.49. The quantitative estimate of drug-likeness (QED) is 0.544. The molecule has 162 valence electrons. The Morgan fingerprint density at radius 2 is 1.70 bits per heavy atom. The lowest BCUT2D eigenvalue weighted by molar-refractivity contribution is -0.129. The fourth-order valence-corrected chi connectivity index (χ4v) is 5.32. The van der Waals surface area contributed by atoms with E-state index in [1.807, 2.05) is 4.90 Å². The lowest BCUT2D eigenvalue weighted by Crippen LogP contribution is -2.39. The number of carbonyl (C=O) groups is 1. The monoisotopic (exact) mass is 431 g/mol. The molecule has 30 heavy (non-hydrogen) atoms. The minimum Gasteiger partial charge on any atom is -0.342 e. The number of thioether (sulfide) groups is 1. The zero-order valence-corrected chi connectivity index (χ0v) is 18.7. The van der Waals surface area contributed by atoms with E-state index in [9.17, 15) is 14.4 Å². The van der Waals surface area contributed by atoms with Crippen molar-refractivity contribution in [2.24, 2.45) is 20.0 Å². The molecule has 0 spiro atoms. The van der Waals surface area contributed by atoms with E-state index in [0.29, 0.717) is 27.8 Å². The predicted molar refractivity (Wildman–Crippen MR) is 117 cm³/mol. The molecule has 1 saturated heterocycles. The minimum absolute atomic E-state index is 0.0720. The molecule has 0 bridgehead atoms. The molecule has 2 aromatic heterocycles. The van der Waals surface area contributed by atoms with Gasteiger partial charge in [0.25, 0.3) is 5.56 Å². The molecule has 9 heteroatoms. The van der Waals surface area contributed by atoms with Gasteiger partial charge in [0.1, 0.15) is 16.2 Å². The number of rotatable bonds is 4. The maximum atomic E-state index is 12.9. The molecule has 0 aromatic carbocycles. The smallest absolute Gasteiger partial charge is 0.332 e. The van der Waals surface area contributed by atoms with E-state index in [1.165, 1.54) is 23.4 Å². The van der Waals surface area contributed by atoms with Gasteiger partial charge in [-0.3, -0.25) is 18.7 Å². The summed E-state index contributed by atoms with van der Waals surface area (Å²) >= 11 is 1.29. The highest BCUT2D eigenvalue weighted by Gasteiger charge is 2.25. The number of hydrogen-bond acceptors (Lipinski definition) is 6. The summed E-state index contributed by atoms with van der Waals surface area (Å²) in [4.78, 5) is 49.4. The molecule has 3 heterocycles. The van der Waals surface area contributed by atoms with Gasteiger partial charge in [0.05, 0.1) is 5.75 Å². The number of amides is 1. The van der Waals surface area contributed by atoms with Crippen LogP contribution in [0.15, 0.2) is 14.6 Å². The van der Waals surface area contributed by atoms with Crippen molar-refractivity contribution in [3.63, 3.8) is 0 Å². The van der Waals surface area contributed by atoms with Gasteiger partial charge < -0.3 is 4.90 Å². The summed E-state index contributed by atoms with van der Waals surface area (Å²) in [6, 6.07) is 0. The van der Waals surface area contributed by atoms with Crippen molar-refractivity contribution in [3.8, 4) is 0 Å². The molecule has 1 aliphatic heterocycles. The van der Waals surface area contributed by atoms with E-state index >= 15 is 0 Å². The number of hydrogen-bond donors (Lipinski definition) is 0.